The molecule has 0 aliphatic carbocycles. The molecular weight excluding hydrogens is 250 g/mol. The van der Waals surface area contributed by atoms with Crippen LogP contribution in [-0.4, -0.2) is 36.1 Å². The van der Waals surface area contributed by atoms with E-state index in [0.717, 1.165) is 13.0 Å². The second kappa shape index (κ2) is 7.44. The van der Waals surface area contributed by atoms with Gasteiger partial charge >= 0.3 is 5.97 Å². The van der Waals surface area contributed by atoms with Crippen molar-refractivity contribution in [3.05, 3.63) is 35.9 Å². The van der Waals surface area contributed by atoms with Crippen molar-refractivity contribution in [1.82, 2.24) is 4.90 Å². The smallest absolute Gasteiger partial charge is 0.338 e. The van der Waals surface area contributed by atoms with Gasteiger partial charge in [-0.3, -0.25) is 0 Å². The number of hydrogen-bond donors (Lipinski definition) is 0. The zero-order valence-electron chi connectivity index (χ0n) is 12.5. The molecule has 1 aliphatic heterocycles. The molecule has 3 heteroatoms. The first-order valence-corrected chi connectivity index (χ1v) is 7.70. The van der Waals surface area contributed by atoms with E-state index < -0.39 is 0 Å². The van der Waals surface area contributed by atoms with Crippen LogP contribution in [0, 0.1) is 0 Å². The normalized spacial score (nSPS) is 21.4. The number of benzene rings is 1. The first-order valence-electron chi connectivity index (χ1n) is 7.70. The molecule has 0 bridgehead atoms. The molecule has 3 nitrogen and oxygen atoms in total. The summed E-state index contributed by atoms with van der Waals surface area (Å²) in [5, 5.41) is 0. The molecule has 0 spiro atoms. The third kappa shape index (κ3) is 4.07. The van der Waals surface area contributed by atoms with Gasteiger partial charge in [0.15, 0.2) is 0 Å². The predicted octanol–water partition coefficient (Wildman–Crippen LogP) is 3.50. The van der Waals surface area contributed by atoms with E-state index in [-0.39, 0.29) is 12.1 Å². The Kier molecular flexibility index (Phi) is 5.60. The lowest BCUT2D eigenvalue weighted by Crippen LogP contribution is -2.41. The van der Waals surface area contributed by atoms with E-state index in [0.29, 0.717) is 11.6 Å². The Hall–Kier alpha value is -1.35. The summed E-state index contributed by atoms with van der Waals surface area (Å²) in [5.41, 5.74) is 0.635. The van der Waals surface area contributed by atoms with Gasteiger partial charge in [-0.1, -0.05) is 31.5 Å². The molecular formula is C17H25NO2. The van der Waals surface area contributed by atoms with Crippen LogP contribution in [0.5, 0.6) is 0 Å². The molecule has 2 atom stereocenters. The summed E-state index contributed by atoms with van der Waals surface area (Å²) >= 11 is 0. The van der Waals surface area contributed by atoms with Gasteiger partial charge in [-0.2, -0.15) is 0 Å². The van der Waals surface area contributed by atoms with Crippen LogP contribution in [0.25, 0.3) is 0 Å². The van der Waals surface area contributed by atoms with Crippen molar-refractivity contribution in [3.63, 3.8) is 0 Å². The monoisotopic (exact) mass is 275 g/mol. The van der Waals surface area contributed by atoms with Gasteiger partial charge in [0.1, 0.15) is 6.10 Å². The standard InChI is InChI=1S/C17H25NO2/c1-3-18-12-8-7-11-16(18)13-14(2)20-17(19)15-9-5-4-6-10-15/h4-6,9-10,14,16H,3,7-8,11-13H2,1-2H3. The van der Waals surface area contributed by atoms with Crippen LogP contribution in [0.15, 0.2) is 30.3 Å². The van der Waals surface area contributed by atoms with Gasteiger partial charge in [-0.15, -0.1) is 0 Å². The highest BCUT2D eigenvalue weighted by molar-refractivity contribution is 5.89. The molecule has 0 aromatic heterocycles. The van der Waals surface area contributed by atoms with Gasteiger partial charge in [0.05, 0.1) is 5.56 Å². The molecule has 0 saturated carbocycles. The van der Waals surface area contributed by atoms with E-state index in [1.807, 2.05) is 25.1 Å². The summed E-state index contributed by atoms with van der Waals surface area (Å²) in [4.78, 5) is 14.5. The SMILES string of the molecule is CCN1CCCCC1CC(C)OC(=O)c1ccccc1. The molecule has 110 valence electrons. The van der Waals surface area contributed by atoms with Crippen molar-refractivity contribution in [2.24, 2.45) is 0 Å². The van der Waals surface area contributed by atoms with Crippen molar-refractivity contribution < 1.29 is 9.53 Å². The summed E-state index contributed by atoms with van der Waals surface area (Å²) in [6, 6.07) is 9.79. The van der Waals surface area contributed by atoms with Crippen LogP contribution in [0.2, 0.25) is 0 Å². The van der Waals surface area contributed by atoms with E-state index in [2.05, 4.69) is 11.8 Å². The molecule has 1 aliphatic rings. The molecule has 1 heterocycles. The zero-order valence-corrected chi connectivity index (χ0v) is 12.5. The Bertz CT molecular complexity index is 418. The maximum Gasteiger partial charge on any atom is 0.338 e. The lowest BCUT2D eigenvalue weighted by atomic mass is 9.97. The summed E-state index contributed by atoms with van der Waals surface area (Å²) in [5.74, 6) is -0.211. The number of ether oxygens (including phenoxy) is 1. The molecule has 1 saturated heterocycles. The fourth-order valence-corrected chi connectivity index (χ4v) is 3.00. The maximum atomic E-state index is 12.0. The third-order valence-electron chi connectivity index (χ3n) is 4.08. The zero-order chi connectivity index (χ0) is 14.4. The molecule has 0 radical (unpaired) electrons. The van der Waals surface area contributed by atoms with Gasteiger partial charge in [0.25, 0.3) is 0 Å². The average molecular weight is 275 g/mol. The fraction of sp³-hybridized carbons (Fsp3) is 0.588. The number of hydrogen-bond acceptors (Lipinski definition) is 3. The van der Waals surface area contributed by atoms with Gasteiger partial charge in [-0.05, 0) is 51.4 Å². The minimum absolute atomic E-state index is 0.0279. The summed E-state index contributed by atoms with van der Waals surface area (Å²) in [7, 11) is 0. The molecule has 1 aromatic rings. The number of likely N-dealkylation sites (tertiary alicyclic amines) is 1. The Morgan fingerprint density at radius 3 is 2.80 bits per heavy atom. The van der Waals surface area contributed by atoms with Crippen molar-refractivity contribution >= 4 is 5.97 Å². The van der Waals surface area contributed by atoms with Crippen LogP contribution < -0.4 is 0 Å². The molecule has 2 unspecified atom stereocenters. The van der Waals surface area contributed by atoms with Crippen molar-refractivity contribution in [1.29, 1.82) is 0 Å². The fourth-order valence-electron chi connectivity index (χ4n) is 3.00. The van der Waals surface area contributed by atoms with Crippen molar-refractivity contribution in [3.8, 4) is 0 Å². The Labute approximate surface area is 121 Å². The number of nitrogens with zero attached hydrogens (tertiary/aromatic N) is 1. The average Bonchev–Trinajstić information content (AvgIpc) is 2.48. The van der Waals surface area contributed by atoms with Gasteiger partial charge in [-0.25, -0.2) is 4.79 Å². The van der Waals surface area contributed by atoms with Crippen LogP contribution in [0.3, 0.4) is 0 Å². The van der Waals surface area contributed by atoms with E-state index in [4.69, 9.17) is 4.74 Å². The molecule has 2 rings (SSSR count). The molecule has 0 amide bonds. The molecule has 0 N–H and O–H groups in total. The highest BCUT2D eigenvalue weighted by Crippen LogP contribution is 2.21. The Morgan fingerprint density at radius 1 is 1.35 bits per heavy atom. The van der Waals surface area contributed by atoms with Crippen molar-refractivity contribution in [2.45, 2.75) is 51.7 Å². The first-order chi connectivity index (χ1) is 9.70. The van der Waals surface area contributed by atoms with Crippen LogP contribution in [0.4, 0.5) is 0 Å². The number of rotatable bonds is 5. The lowest BCUT2D eigenvalue weighted by Gasteiger charge is -2.36. The van der Waals surface area contributed by atoms with Crippen LogP contribution >= 0.6 is 0 Å². The molecule has 1 aromatic carbocycles. The van der Waals surface area contributed by atoms with E-state index >= 15 is 0 Å². The molecule has 20 heavy (non-hydrogen) atoms. The maximum absolute atomic E-state index is 12.0. The van der Waals surface area contributed by atoms with Crippen molar-refractivity contribution in [2.75, 3.05) is 13.1 Å². The minimum Gasteiger partial charge on any atom is -0.459 e. The summed E-state index contributed by atoms with van der Waals surface area (Å²) in [6.07, 6.45) is 4.72. The van der Waals surface area contributed by atoms with Gasteiger partial charge < -0.3 is 9.64 Å². The quantitative estimate of drug-likeness (QED) is 0.770. The number of carbonyl (C=O) groups excluding carboxylic acids is 1. The first kappa shape index (κ1) is 15.0. The van der Waals surface area contributed by atoms with E-state index in [9.17, 15) is 4.79 Å². The summed E-state index contributed by atoms with van der Waals surface area (Å²) in [6.45, 7) is 6.48. The van der Waals surface area contributed by atoms with E-state index in [1.165, 1.54) is 25.8 Å². The van der Waals surface area contributed by atoms with Gasteiger partial charge in [0, 0.05) is 6.04 Å². The number of esters is 1. The topological polar surface area (TPSA) is 29.5 Å². The summed E-state index contributed by atoms with van der Waals surface area (Å²) < 4.78 is 5.57. The largest absolute Gasteiger partial charge is 0.459 e. The number of piperidine rings is 1. The Morgan fingerprint density at radius 2 is 2.10 bits per heavy atom. The van der Waals surface area contributed by atoms with Crippen LogP contribution in [-0.2, 0) is 4.74 Å². The Balaban J connectivity index is 1.85. The van der Waals surface area contributed by atoms with E-state index in [1.54, 1.807) is 12.1 Å². The second-order valence-electron chi connectivity index (χ2n) is 5.60. The highest BCUT2D eigenvalue weighted by atomic mass is 16.5. The number of carbonyl (C=O) groups is 1. The van der Waals surface area contributed by atoms with Gasteiger partial charge in [0.2, 0.25) is 0 Å². The second-order valence-corrected chi connectivity index (χ2v) is 5.60. The lowest BCUT2D eigenvalue weighted by molar-refractivity contribution is 0.0216. The molecule has 1 fully saturated rings. The predicted molar refractivity (Wildman–Crippen MR) is 80.8 cm³/mol. The highest BCUT2D eigenvalue weighted by Gasteiger charge is 2.24. The third-order valence-corrected chi connectivity index (χ3v) is 4.08. The minimum atomic E-state index is -0.211. The van der Waals surface area contributed by atoms with Crippen LogP contribution in [0.1, 0.15) is 49.9 Å².